The molecular formula is C7H9IN2O2. The smallest absolute Gasteiger partial charge is 0.276 e. The third kappa shape index (κ3) is 1.17. The Bertz CT molecular complexity index is 352. The summed E-state index contributed by atoms with van der Waals surface area (Å²) >= 11 is 1.95. The number of nitrogens with zero attached hydrogens (tertiary/aromatic N) is 1. The first-order chi connectivity index (χ1) is 5.46. The van der Waals surface area contributed by atoms with Crippen molar-refractivity contribution in [1.29, 1.82) is 0 Å². The molecule has 0 spiro atoms. The fourth-order valence-electron chi connectivity index (χ4n) is 0.870. The maximum atomic E-state index is 11.2. The van der Waals surface area contributed by atoms with Crippen LogP contribution in [0.1, 0.15) is 5.56 Å². The number of hydrogen-bond acceptors (Lipinski definition) is 3. The zero-order chi connectivity index (χ0) is 9.46. The van der Waals surface area contributed by atoms with Gasteiger partial charge in [-0.05, 0) is 35.1 Å². The first kappa shape index (κ1) is 9.37. The number of pyridine rings is 1. The molecule has 1 rings (SSSR count). The minimum absolute atomic E-state index is 0.0349. The molecule has 0 amide bonds. The number of nitrogen functional groups attached to an aromatic ring is 1. The number of nitrogens with two attached hydrogens (primary N) is 1. The van der Waals surface area contributed by atoms with E-state index in [-0.39, 0.29) is 17.1 Å². The van der Waals surface area contributed by atoms with Gasteiger partial charge in [-0.15, -0.1) is 0 Å². The highest BCUT2D eigenvalue weighted by Crippen LogP contribution is 2.23. The average Bonchev–Trinajstić information content (AvgIpc) is 2.08. The highest BCUT2D eigenvalue weighted by molar-refractivity contribution is 14.1. The Kier molecular flexibility index (Phi) is 2.31. The Balaban J connectivity index is 3.73. The monoisotopic (exact) mass is 280 g/mol. The molecule has 5 heteroatoms. The normalized spacial score (nSPS) is 10.2. The van der Waals surface area contributed by atoms with Crippen LogP contribution in [-0.2, 0) is 7.05 Å². The van der Waals surface area contributed by atoms with E-state index in [1.807, 2.05) is 22.6 Å². The van der Waals surface area contributed by atoms with E-state index in [1.165, 1.54) is 7.05 Å². The summed E-state index contributed by atoms with van der Waals surface area (Å²) in [5.74, 6) is -0.0349. The molecule has 0 saturated carbocycles. The van der Waals surface area contributed by atoms with Gasteiger partial charge in [-0.3, -0.25) is 9.36 Å². The van der Waals surface area contributed by atoms with Crippen molar-refractivity contribution in [3.63, 3.8) is 0 Å². The van der Waals surface area contributed by atoms with Crippen molar-refractivity contribution in [2.24, 2.45) is 7.05 Å². The molecule has 1 heterocycles. The predicted molar refractivity (Wildman–Crippen MR) is 55.2 cm³/mol. The summed E-state index contributed by atoms with van der Waals surface area (Å²) < 4.78 is 1.75. The molecule has 4 nitrogen and oxygen atoms in total. The Morgan fingerprint density at radius 1 is 1.58 bits per heavy atom. The van der Waals surface area contributed by atoms with Crippen LogP contribution in [0.15, 0.2) is 4.79 Å². The summed E-state index contributed by atoms with van der Waals surface area (Å²) in [4.78, 5) is 11.2. The molecule has 0 radical (unpaired) electrons. The topological polar surface area (TPSA) is 68.2 Å². The quantitative estimate of drug-likeness (QED) is 0.683. The van der Waals surface area contributed by atoms with Gasteiger partial charge in [-0.2, -0.15) is 0 Å². The third-order valence-corrected chi connectivity index (χ3v) is 3.07. The van der Waals surface area contributed by atoms with Crippen molar-refractivity contribution < 1.29 is 5.11 Å². The van der Waals surface area contributed by atoms with Crippen LogP contribution in [0.25, 0.3) is 0 Å². The summed E-state index contributed by atoms with van der Waals surface area (Å²) in [5, 5.41) is 9.39. The molecule has 0 aliphatic rings. The number of aromatic hydroxyl groups is 1. The van der Waals surface area contributed by atoms with Gasteiger partial charge in [-0.1, -0.05) is 0 Å². The zero-order valence-corrected chi connectivity index (χ0v) is 8.92. The molecule has 1 aromatic heterocycles. The van der Waals surface area contributed by atoms with E-state index in [2.05, 4.69) is 0 Å². The first-order valence-corrected chi connectivity index (χ1v) is 4.38. The molecule has 12 heavy (non-hydrogen) atoms. The van der Waals surface area contributed by atoms with Gasteiger partial charge in [0.05, 0.1) is 3.57 Å². The molecule has 0 unspecified atom stereocenters. The van der Waals surface area contributed by atoms with Crippen LogP contribution >= 0.6 is 22.6 Å². The summed E-state index contributed by atoms with van der Waals surface area (Å²) in [6.07, 6.45) is 0. The fraction of sp³-hybridized carbons (Fsp3) is 0.286. The van der Waals surface area contributed by atoms with E-state index in [4.69, 9.17) is 5.73 Å². The molecule has 0 fully saturated rings. The standard InChI is InChI=1S/C7H9IN2O2/c1-3-4(8)6(11)10(2)7(12)5(3)9/h11H,9H2,1-2H3. The van der Waals surface area contributed by atoms with Gasteiger partial charge in [0.2, 0.25) is 5.88 Å². The largest absolute Gasteiger partial charge is 0.494 e. The average molecular weight is 280 g/mol. The van der Waals surface area contributed by atoms with Crippen LogP contribution in [0.5, 0.6) is 5.88 Å². The summed E-state index contributed by atoms with van der Waals surface area (Å²) in [6.45, 7) is 1.71. The fourth-order valence-corrected chi connectivity index (χ4v) is 1.52. The Labute approximate surface area is 83.1 Å². The molecule has 0 aliphatic carbocycles. The summed E-state index contributed by atoms with van der Waals surface area (Å²) in [7, 11) is 1.48. The van der Waals surface area contributed by atoms with Crippen LogP contribution in [0.3, 0.4) is 0 Å². The van der Waals surface area contributed by atoms with Crippen LogP contribution < -0.4 is 11.3 Å². The van der Waals surface area contributed by atoms with Gasteiger partial charge in [0.15, 0.2) is 0 Å². The van der Waals surface area contributed by atoms with Crippen molar-refractivity contribution in [3.05, 3.63) is 19.5 Å². The van der Waals surface area contributed by atoms with Crippen LogP contribution in [0.2, 0.25) is 0 Å². The lowest BCUT2D eigenvalue weighted by molar-refractivity contribution is 0.418. The van der Waals surface area contributed by atoms with Gasteiger partial charge >= 0.3 is 0 Å². The van der Waals surface area contributed by atoms with Crippen LogP contribution in [0, 0.1) is 10.5 Å². The number of hydrogen-bond donors (Lipinski definition) is 2. The molecular weight excluding hydrogens is 271 g/mol. The Morgan fingerprint density at radius 3 is 2.58 bits per heavy atom. The maximum Gasteiger partial charge on any atom is 0.276 e. The highest BCUT2D eigenvalue weighted by atomic mass is 127. The van der Waals surface area contributed by atoms with Gasteiger partial charge in [0.25, 0.3) is 5.56 Å². The van der Waals surface area contributed by atoms with Crippen molar-refractivity contribution in [2.45, 2.75) is 6.92 Å². The molecule has 0 aromatic carbocycles. The number of anilines is 1. The lowest BCUT2D eigenvalue weighted by Gasteiger charge is -2.08. The van der Waals surface area contributed by atoms with Crippen LogP contribution in [-0.4, -0.2) is 9.67 Å². The highest BCUT2D eigenvalue weighted by Gasteiger charge is 2.11. The number of halogens is 1. The number of aromatic nitrogens is 1. The van der Waals surface area contributed by atoms with E-state index in [0.717, 1.165) is 4.57 Å². The van der Waals surface area contributed by atoms with E-state index < -0.39 is 0 Å². The second kappa shape index (κ2) is 2.96. The minimum Gasteiger partial charge on any atom is -0.494 e. The van der Waals surface area contributed by atoms with Gasteiger partial charge < -0.3 is 10.8 Å². The van der Waals surface area contributed by atoms with Gasteiger partial charge in [0.1, 0.15) is 5.69 Å². The van der Waals surface area contributed by atoms with Gasteiger partial charge in [-0.25, -0.2) is 0 Å². The van der Waals surface area contributed by atoms with Crippen molar-refractivity contribution in [1.82, 2.24) is 4.57 Å². The van der Waals surface area contributed by atoms with Gasteiger partial charge in [0, 0.05) is 7.05 Å². The first-order valence-electron chi connectivity index (χ1n) is 3.30. The minimum atomic E-state index is -0.356. The van der Waals surface area contributed by atoms with E-state index in [1.54, 1.807) is 6.92 Å². The molecule has 1 aromatic rings. The van der Waals surface area contributed by atoms with E-state index >= 15 is 0 Å². The molecule has 0 atom stereocenters. The van der Waals surface area contributed by atoms with Crippen molar-refractivity contribution >= 4 is 28.3 Å². The molecule has 3 N–H and O–H groups in total. The van der Waals surface area contributed by atoms with Crippen LogP contribution in [0.4, 0.5) is 5.69 Å². The molecule has 0 saturated heterocycles. The lowest BCUT2D eigenvalue weighted by Crippen LogP contribution is -2.22. The van der Waals surface area contributed by atoms with E-state index in [9.17, 15) is 9.90 Å². The molecule has 66 valence electrons. The predicted octanol–water partition coefficient (Wildman–Crippen LogP) is 0.586. The second-order valence-corrected chi connectivity index (χ2v) is 3.62. The summed E-state index contributed by atoms with van der Waals surface area (Å²) in [6, 6.07) is 0. The second-order valence-electron chi connectivity index (χ2n) is 2.54. The van der Waals surface area contributed by atoms with Crippen molar-refractivity contribution in [2.75, 3.05) is 5.73 Å². The van der Waals surface area contributed by atoms with Crippen molar-refractivity contribution in [3.8, 4) is 5.88 Å². The number of rotatable bonds is 0. The maximum absolute atomic E-state index is 11.2. The lowest BCUT2D eigenvalue weighted by atomic mass is 10.2. The molecule has 0 bridgehead atoms. The Morgan fingerprint density at radius 2 is 2.08 bits per heavy atom. The molecule has 0 aliphatic heterocycles. The van der Waals surface area contributed by atoms with E-state index in [0.29, 0.717) is 9.13 Å². The third-order valence-electron chi connectivity index (χ3n) is 1.78. The Hall–Kier alpha value is -0.720. The zero-order valence-electron chi connectivity index (χ0n) is 6.76. The summed E-state index contributed by atoms with van der Waals surface area (Å²) in [5.41, 5.74) is 5.98. The SMILES string of the molecule is Cc1c(I)c(O)n(C)c(=O)c1N.